The minimum absolute atomic E-state index is 0.00908. The van der Waals surface area contributed by atoms with Gasteiger partial charge in [-0.05, 0) is 29.3 Å². The Balaban J connectivity index is 1.81. The summed E-state index contributed by atoms with van der Waals surface area (Å²) in [6.45, 7) is 1.79. The monoisotopic (exact) mass is 391 g/mol. The average Bonchev–Trinajstić information content (AvgIpc) is 3.16. The number of alkyl halides is 3. The minimum atomic E-state index is -4.56. The fourth-order valence-electron chi connectivity index (χ4n) is 3.37. The third kappa shape index (κ3) is 3.33. The summed E-state index contributed by atoms with van der Waals surface area (Å²) in [5.74, 6) is -0.307. The molecular weight excluding hydrogens is 375 g/mol. The van der Waals surface area contributed by atoms with Crippen LogP contribution in [0.25, 0.3) is 11.1 Å². The van der Waals surface area contributed by atoms with Crippen LogP contribution in [0.15, 0.2) is 34.2 Å². The number of aliphatic imine (C=N–C) groups is 1. The molecule has 9 heteroatoms. The molecule has 0 saturated carbocycles. The second-order valence-corrected chi connectivity index (χ2v) is 6.60. The number of carbonyl (C=O) groups excluding carboxylic acids is 1. The van der Waals surface area contributed by atoms with Gasteiger partial charge in [-0.2, -0.15) is 13.2 Å². The Kier molecular flexibility index (Phi) is 4.54. The van der Waals surface area contributed by atoms with Crippen LogP contribution < -0.4 is 5.56 Å². The van der Waals surface area contributed by atoms with Crippen LogP contribution in [-0.2, 0) is 17.5 Å². The van der Waals surface area contributed by atoms with Gasteiger partial charge in [-0.15, -0.1) is 0 Å². The van der Waals surface area contributed by atoms with E-state index in [1.165, 1.54) is 18.5 Å². The molecule has 0 aliphatic carbocycles. The maximum atomic E-state index is 13.3. The molecule has 4 rings (SSSR count). The Morgan fingerprint density at radius 3 is 2.61 bits per heavy atom. The number of nitrogens with one attached hydrogen (secondary N) is 1. The number of fused-ring (bicyclic) bond motifs is 1. The van der Waals surface area contributed by atoms with E-state index in [4.69, 9.17) is 4.74 Å². The average molecular weight is 391 g/mol. The fourth-order valence-corrected chi connectivity index (χ4v) is 3.37. The lowest BCUT2D eigenvalue weighted by Crippen LogP contribution is -2.40. The van der Waals surface area contributed by atoms with Gasteiger partial charge in [0.05, 0.1) is 30.9 Å². The Labute approximate surface area is 157 Å². The summed E-state index contributed by atoms with van der Waals surface area (Å²) in [6, 6.07) is 3.32. The molecular formula is C19H16F3N3O3. The maximum Gasteiger partial charge on any atom is 0.416 e. The number of H-pyrrole nitrogens is 1. The van der Waals surface area contributed by atoms with E-state index >= 15 is 0 Å². The summed E-state index contributed by atoms with van der Waals surface area (Å²) in [6.07, 6.45) is -1.81. The number of nitrogens with zero attached hydrogens (tertiary/aromatic N) is 2. The van der Waals surface area contributed by atoms with Crippen LogP contribution in [0.3, 0.4) is 0 Å². The normalized spacial score (nSPS) is 16.3. The molecule has 2 aromatic rings. The second kappa shape index (κ2) is 6.90. The third-order valence-corrected chi connectivity index (χ3v) is 4.81. The highest BCUT2D eigenvalue weighted by Gasteiger charge is 2.33. The molecule has 0 spiro atoms. The van der Waals surface area contributed by atoms with Crippen molar-refractivity contribution in [2.75, 3.05) is 26.3 Å². The van der Waals surface area contributed by atoms with E-state index in [1.807, 2.05) is 0 Å². The Bertz CT molecular complexity index is 1020. The van der Waals surface area contributed by atoms with E-state index in [1.54, 1.807) is 4.90 Å². The molecule has 1 aromatic carbocycles. The number of hydrogen-bond acceptors (Lipinski definition) is 4. The number of benzene rings is 1. The van der Waals surface area contributed by atoms with E-state index in [9.17, 15) is 22.8 Å². The molecule has 0 atom stereocenters. The first-order chi connectivity index (χ1) is 13.3. The van der Waals surface area contributed by atoms with Crippen molar-refractivity contribution in [2.45, 2.75) is 12.7 Å². The second-order valence-electron chi connectivity index (χ2n) is 6.60. The number of morpholine rings is 1. The van der Waals surface area contributed by atoms with Crippen molar-refractivity contribution in [3.63, 3.8) is 0 Å². The molecule has 0 bridgehead atoms. The summed E-state index contributed by atoms with van der Waals surface area (Å²) in [4.78, 5) is 33.2. The van der Waals surface area contributed by atoms with Crippen LogP contribution in [0.2, 0.25) is 0 Å². The van der Waals surface area contributed by atoms with Crippen molar-refractivity contribution in [1.82, 2.24) is 9.88 Å². The summed E-state index contributed by atoms with van der Waals surface area (Å²) in [7, 11) is 0. The highest BCUT2D eigenvalue weighted by molar-refractivity contribution is 5.98. The Morgan fingerprint density at radius 2 is 1.89 bits per heavy atom. The molecule has 2 aliphatic rings. The van der Waals surface area contributed by atoms with Crippen molar-refractivity contribution in [3.05, 3.63) is 57.0 Å². The summed E-state index contributed by atoms with van der Waals surface area (Å²) in [5, 5.41) is 0. The Hall–Kier alpha value is -2.94. The molecule has 1 N–H and O–H groups in total. The zero-order chi connectivity index (χ0) is 19.9. The van der Waals surface area contributed by atoms with Crippen LogP contribution in [0, 0.1) is 0 Å². The van der Waals surface area contributed by atoms with E-state index in [-0.39, 0.29) is 29.1 Å². The maximum absolute atomic E-state index is 13.3. The first-order valence-corrected chi connectivity index (χ1v) is 8.68. The number of rotatable bonds is 2. The number of pyridine rings is 1. The molecule has 6 nitrogen and oxygen atoms in total. The predicted octanol–water partition coefficient (Wildman–Crippen LogP) is 2.47. The van der Waals surface area contributed by atoms with Crippen LogP contribution in [0.1, 0.15) is 27.0 Å². The van der Waals surface area contributed by atoms with Crippen molar-refractivity contribution in [2.24, 2.45) is 4.99 Å². The first kappa shape index (κ1) is 18.4. The van der Waals surface area contributed by atoms with Crippen molar-refractivity contribution in [1.29, 1.82) is 0 Å². The van der Waals surface area contributed by atoms with Crippen molar-refractivity contribution >= 4 is 12.1 Å². The van der Waals surface area contributed by atoms with E-state index < -0.39 is 17.3 Å². The zero-order valence-corrected chi connectivity index (χ0v) is 14.7. The molecule has 2 aliphatic heterocycles. The largest absolute Gasteiger partial charge is 0.416 e. The van der Waals surface area contributed by atoms with Crippen LogP contribution in [-0.4, -0.2) is 48.3 Å². The molecule has 28 heavy (non-hydrogen) atoms. The van der Waals surface area contributed by atoms with Gasteiger partial charge in [-0.1, -0.05) is 0 Å². The van der Waals surface area contributed by atoms with Gasteiger partial charge in [0.25, 0.3) is 11.5 Å². The van der Waals surface area contributed by atoms with Crippen LogP contribution >= 0.6 is 0 Å². The molecule has 1 fully saturated rings. The summed E-state index contributed by atoms with van der Waals surface area (Å²) < 4.78 is 45.1. The molecule has 0 unspecified atom stereocenters. The zero-order valence-electron chi connectivity index (χ0n) is 14.7. The summed E-state index contributed by atoms with van der Waals surface area (Å²) in [5.41, 5.74) is -0.226. The molecule has 146 valence electrons. The lowest BCUT2D eigenvalue weighted by Gasteiger charge is -2.26. The summed E-state index contributed by atoms with van der Waals surface area (Å²) >= 11 is 0. The standard InChI is InChI=1S/C19H16F3N3O3/c20-19(21,22)13-5-11-8-23-10-16(11)14(7-13)15-6-12(9-24-17(15)26)18(27)25-1-3-28-4-2-25/h5-7,9-10H,1-4,8H2,(H,24,26). The van der Waals surface area contributed by atoms with E-state index in [0.717, 1.165) is 12.1 Å². The van der Waals surface area contributed by atoms with Gasteiger partial charge in [0.15, 0.2) is 0 Å². The first-order valence-electron chi connectivity index (χ1n) is 8.68. The van der Waals surface area contributed by atoms with Gasteiger partial charge in [0, 0.05) is 36.6 Å². The molecule has 1 saturated heterocycles. The third-order valence-electron chi connectivity index (χ3n) is 4.81. The van der Waals surface area contributed by atoms with Gasteiger partial charge in [-0.25, -0.2) is 0 Å². The van der Waals surface area contributed by atoms with Gasteiger partial charge < -0.3 is 14.6 Å². The number of halogens is 3. The van der Waals surface area contributed by atoms with Gasteiger partial charge in [0.2, 0.25) is 0 Å². The number of aromatic nitrogens is 1. The number of ether oxygens (including phenoxy) is 1. The number of aromatic amines is 1. The Morgan fingerprint density at radius 1 is 1.14 bits per heavy atom. The minimum Gasteiger partial charge on any atom is -0.378 e. The number of amides is 1. The molecule has 1 amide bonds. The quantitative estimate of drug-likeness (QED) is 0.855. The SMILES string of the molecule is O=C(c1c[nH]c(=O)c(-c2cc(C(F)(F)F)cc3c2C=NC3)c1)N1CCOCC1. The molecule has 1 aromatic heterocycles. The van der Waals surface area contributed by atoms with E-state index in [0.29, 0.717) is 37.4 Å². The smallest absolute Gasteiger partial charge is 0.378 e. The molecule has 0 radical (unpaired) electrons. The fraction of sp³-hybridized carbons (Fsp3) is 0.316. The highest BCUT2D eigenvalue weighted by Crippen LogP contribution is 2.36. The van der Waals surface area contributed by atoms with Gasteiger partial charge in [0.1, 0.15) is 0 Å². The van der Waals surface area contributed by atoms with Crippen LogP contribution in [0.4, 0.5) is 13.2 Å². The predicted molar refractivity (Wildman–Crippen MR) is 95.5 cm³/mol. The lowest BCUT2D eigenvalue weighted by molar-refractivity contribution is -0.137. The lowest BCUT2D eigenvalue weighted by atomic mass is 9.94. The van der Waals surface area contributed by atoms with E-state index in [2.05, 4.69) is 9.98 Å². The van der Waals surface area contributed by atoms with Crippen LogP contribution in [0.5, 0.6) is 0 Å². The molecule has 3 heterocycles. The van der Waals surface area contributed by atoms with Gasteiger partial charge in [-0.3, -0.25) is 14.6 Å². The van der Waals surface area contributed by atoms with Gasteiger partial charge >= 0.3 is 6.18 Å². The topological polar surface area (TPSA) is 74.8 Å². The number of carbonyl (C=O) groups is 1. The van der Waals surface area contributed by atoms with Crippen molar-refractivity contribution in [3.8, 4) is 11.1 Å². The van der Waals surface area contributed by atoms with Crippen molar-refractivity contribution < 1.29 is 22.7 Å². The number of hydrogen-bond donors (Lipinski definition) is 1. The highest BCUT2D eigenvalue weighted by atomic mass is 19.4.